The van der Waals surface area contributed by atoms with Crippen molar-refractivity contribution in [3.05, 3.63) is 72.3 Å². The number of rotatable bonds is 14. The molecular weight excluding hydrogens is 528 g/mol. The fraction of sp³-hybridized carbons (Fsp3) is 0.267. The molecule has 0 spiro atoms. The second-order valence-electron chi connectivity index (χ2n) is 8.46. The summed E-state index contributed by atoms with van der Waals surface area (Å²) in [6, 6.07) is 18.6. The van der Waals surface area contributed by atoms with Crippen LogP contribution in [0.15, 0.2) is 71.8 Å². The van der Waals surface area contributed by atoms with Gasteiger partial charge in [-0.05, 0) is 92.6 Å². The molecule has 11 nitrogen and oxygen atoms in total. The van der Waals surface area contributed by atoms with Gasteiger partial charge in [-0.2, -0.15) is 5.10 Å². The van der Waals surface area contributed by atoms with E-state index in [0.29, 0.717) is 59.8 Å². The fourth-order valence-electron chi connectivity index (χ4n) is 3.39. The Kier molecular flexibility index (Phi) is 12.0. The average Bonchev–Trinajstić information content (AvgIpc) is 2.97. The summed E-state index contributed by atoms with van der Waals surface area (Å²) < 4.78 is 22.2. The van der Waals surface area contributed by atoms with E-state index in [2.05, 4.69) is 21.2 Å². The van der Waals surface area contributed by atoms with E-state index < -0.39 is 11.8 Å². The highest BCUT2D eigenvalue weighted by atomic mass is 16.5. The summed E-state index contributed by atoms with van der Waals surface area (Å²) in [5.74, 6) is -0.00407. The van der Waals surface area contributed by atoms with E-state index in [-0.39, 0.29) is 12.5 Å². The Morgan fingerprint density at radius 2 is 1.34 bits per heavy atom. The van der Waals surface area contributed by atoms with E-state index in [9.17, 15) is 14.4 Å². The van der Waals surface area contributed by atoms with E-state index in [1.807, 2.05) is 20.8 Å². The smallest absolute Gasteiger partial charge is 0.329 e. The third-order valence-corrected chi connectivity index (χ3v) is 5.25. The molecule has 0 aromatic heterocycles. The Labute approximate surface area is 238 Å². The second-order valence-corrected chi connectivity index (χ2v) is 8.46. The molecule has 41 heavy (non-hydrogen) atoms. The van der Waals surface area contributed by atoms with E-state index in [0.717, 1.165) is 6.42 Å². The lowest BCUT2D eigenvalue weighted by atomic mass is 10.2. The van der Waals surface area contributed by atoms with Gasteiger partial charge in [0.1, 0.15) is 11.5 Å². The van der Waals surface area contributed by atoms with Crippen LogP contribution in [0.25, 0.3) is 0 Å². The van der Waals surface area contributed by atoms with Crippen molar-refractivity contribution in [1.29, 1.82) is 0 Å². The lowest BCUT2D eigenvalue weighted by Crippen LogP contribution is -2.32. The zero-order valence-corrected chi connectivity index (χ0v) is 23.3. The van der Waals surface area contributed by atoms with E-state index >= 15 is 0 Å². The van der Waals surface area contributed by atoms with Crippen molar-refractivity contribution in [2.75, 3.05) is 37.1 Å². The molecule has 0 atom stereocenters. The van der Waals surface area contributed by atoms with Crippen LogP contribution in [0.4, 0.5) is 11.4 Å². The summed E-state index contributed by atoms with van der Waals surface area (Å²) in [7, 11) is 0. The number of amides is 3. The number of hydrogen-bond donors (Lipinski definition) is 3. The van der Waals surface area contributed by atoms with Crippen molar-refractivity contribution >= 4 is 35.3 Å². The lowest BCUT2D eigenvalue weighted by molar-refractivity contribution is -0.136. The molecule has 11 heteroatoms. The highest BCUT2D eigenvalue weighted by Crippen LogP contribution is 2.28. The normalized spacial score (nSPS) is 10.5. The lowest BCUT2D eigenvalue weighted by Gasteiger charge is -2.13. The molecule has 3 N–H and O–H groups in total. The van der Waals surface area contributed by atoms with Crippen molar-refractivity contribution < 1.29 is 33.3 Å². The SMILES string of the molecule is CCCOc1ccc(NC(=O)C(=O)N/N=C\c2ccc(OCC(=O)Nc3ccc(OCC)cc3)c(OCC)c2)cc1. The monoisotopic (exact) mass is 562 g/mol. The first-order valence-corrected chi connectivity index (χ1v) is 13.2. The summed E-state index contributed by atoms with van der Waals surface area (Å²) in [4.78, 5) is 36.7. The number of anilines is 2. The molecule has 216 valence electrons. The van der Waals surface area contributed by atoms with Crippen molar-refractivity contribution in [2.45, 2.75) is 27.2 Å². The number of hydrogen-bond acceptors (Lipinski definition) is 8. The quantitative estimate of drug-likeness (QED) is 0.151. The maximum absolute atomic E-state index is 12.4. The van der Waals surface area contributed by atoms with Gasteiger partial charge in [-0.1, -0.05) is 6.92 Å². The Bertz CT molecular complexity index is 1330. The van der Waals surface area contributed by atoms with Gasteiger partial charge >= 0.3 is 11.8 Å². The standard InChI is InChI=1S/C30H34N4O7/c1-4-17-40-25-14-10-23(11-15-25)33-29(36)30(37)34-31-19-21-7-16-26(27(18-21)39-6-3)41-20-28(35)32-22-8-12-24(13-9-22)38-5-2/h7-16,18-19H,4-6,17,20H2,1-3H3,(H,32,35)(H,33,36)(H,34,37)/b31-19-. The third kappa shape index (κ3) is 10.2. The number of carbonyl (C=O) groups is 3. The van der Waals surface area contributed by atoms with E-state index in [1.165, 1.54) is 6.21 Å². The molecule has 0 radical (unpaired) electrons. The number of nitrogens with one attached hydrogen (secondary N) is 3. The maximum Gasteiger partial charge on any atom is 0.329 e. The minimum absolute atomic E-state index is 0.236. The molecule has 0 aliphatic heterocycles. The van der Waals surface area contributed by atoms with E-state index in [4.69, 9.17) is 18.9 Å². The minimum Gasteiger partial charge on any atom is -0.494 e. The van der Waals surface area contributed by atoms with Gasteiger partial charge in [-0.15, -0.1) is 0 Å². The van der Waals surface area contributed by atoms with Gasteiger partial charge in [0.05, 0.1) is 26.0 Å². The molecule has 0 aliphatic carbocycles. The number of hydrazone groups is 1. The van der Waals surface area contributed by atoms with Crippen molar-refractivity contribution in [2.24, 2.45) is 5.10 Å². The van der Waals surface area contributed by atoms with Crippen molar-refractivity contribution in [3.63, 3.8) is 0 Å². The van der Waals surface area contributed by atoms with Gasteiger partial charge in [-0.25, -0.2) is 5.43 Å². The topological polar surface area (TPSA) is 137 Å². The van der Waals surface area contributed by atoms with Crippen LogP contribution in [0.5, 0.6) is 23.0 Å². The van der Waals surface area contributed by atoms with Crippen LogP contribution in [-0.4, -0.2) is 50.4 Å². The highest BCUT2D eigenvalue weighted by molar-refractivity contribution is 6.39. The summed E-state index contributed by atoms with van der Waals surface area (Å²) in [6.07, 6.45) is 2.24. The number of carbonyl (C=O) groups excluding carboxylic acids is 3. The Balaban J connectivity index is 1.51. The van der Waals surface area contributed by atoms with Gasteiger partial charge in [0.2, 0.25) is 0 Å². The first-order chi connectivity index (χ1) is 19.9. The Morgan fingerprint density at radius 3 is 1.98 bits per heavy atom. The van der Waals surface area contributed by atoms with Gasteiger partial charge in [0, 0.05) is 11.4 Å². The van der Waals surface area contributed by atoms with Crippen LogP contribution >= 0.6 is 0 Å². The second kappa shape index (κ2) is 16.1. The largest absolute Gasteiger partial charge is 0.494 e. The number of benzene rings is 3. The predicted molar refractivity (Wildman–Crippen MR) is 156 cm³/mol. The fourth-order valence-corrected chi connectivity index (χ4v) is 3.39. The van der Waals surface area contributed by atoms with Crippen LogP contribution < -0.4 is 35.0 Å². The molecular formula is C30H34N4O7. The molecule has 0 fully saturated rings. The van der Waals surface area contributed by atoms with Crippen LogP contribution in [0.2, 0.25) is 0 Å². The first-order valence-electron chi connectivity index (χ1n) is 13.2. The molecule has 3 aromatic carbocycles. The minimum atomic E-state index is -0.934. The first kappa shape index (κ1) is 30.5. The van der Waals surface area contributed by atoms with Gasteiger partial charge in [-0.3, -0.25) is 14.4 Å². The number of nitrogens with zero attached hydrogens (tertiary/aromatic N) is 1. The molecule has 0 heterocycles. The summed E-state index contributed by atoms with van der Waals surface area (Å²) in [5, 5.41) is 9.10. The maximum atomic E-state index is 12.4. The molecule has 0 saturated heterocycles. The van der Waals surface area contributed by atoms with Gasteiger partial charge < -0.3 is 29.6 Å². The van der Waals surface area contributed by atoms with Crippen LogP contribution in [0, 0.1) is 0 Å². The van der Waals surface area contributed by atoms with Crippen LogP contribution in [-0.2, 0) is 14.4 Å². The summed E-state index contributed by atoms with van der Waals surface area (Å²) in [6.45, 7) is 6.99. The zero-order valence-electron chi connectivity index (χ0n) is 23.3. The summed E-state index contributed by atoms with van der Waals surface area (Å²) >= 11 is 0. The van der Waals surface area contributed by atoms with Crippen LogP contribution in [0.3, 0.4) is 0 Å². The molecule has 0 aliphatic rings. The van der Waals surface area contributed by atoms with Crippen molar-refractivity contribution in [1.82, 2.24) is 5.43 Å². The molecule has 0 unspecified atom stereocenters. The molecule has 0 bridgehead atoms. The Hall–Kier alpha value is -5.06. The zero-order chi connectivity index (χ0) is 29.5. The van der Waals surface area contributed by atoms with E-state index in [1.54, 1.807) is 66.7 Å². The van der Waals surface area contributed by atoms with Gasteiger partial charge in [0.15, 0.2) is 18.1 Å². The molecule has 3 amide bonds. The molecule has 3 aromatic rings. The molecule has 0 saturated carbocycles. The predicted octanol–water partition coefficient (Wildman–Crippen LogP) is 4.38. The van der Waals surface area contributed by atoms with Gasteiger partial charge in [0.25, 0.3) is 5.91 Å². The van der Waals surface area contributed by atoms with Crippen LogP contribution in [0.1, 0.15) is 32.8 Å². The van der Waals surface area contributed by atoms with Crippen molar-refractivity contribution in [3.8, 4) is 23.0 Å². The molecule has 3 rings (SSSR count). The third-order valence-electron chi connectivity index (χ3n) is 5.25. The number of ether oxygens (including phenoxy) is 4. The highest BCUT2D eigenvalue weighted by Gasteiger charge is 2.13. The average molecular weight is 563 g/mol. The Morgan fingerprint density at radius 1 is 0.707 bits per heavy atom. The summed E-state index contributed by atoms with van der Waals surface area (Å²) in [5.41, 5.74) is 3.83.